The molecule has 0 aromatic carbocycles. The number of hydrazine groups is 1. The van der Waals surface area contributed by atoms with Crippen molar-refractivity contribution in [1.82, 2.24) is 10.4 Å². The third-order valence-corrected chi connectivity index (χ3v) is 3.21. The molecule has 1 rings (SSSR count). The Balaban J connectivity index is 2.86. The summed E-state index contributed by atoms with van der Waals surface area (Å²) in [5.41, 5.74) is 3.51. The maximum Gasteiger partial charge on any atom is 0.0773 e. The first-order valence-electron chi connectivity index (χ1n) is 5.35. The summed E-state index contributed by atoms with van der Waals surface area (Å²) < 4.78 is 0. The topological polar surface area (TPSA) is 50.9 Å². The third kappa shape index (κ3) is 3.59. The second-order valence-corrected chi connectivity index (χ2v) is 4.83. The van der Waals surface area contributed by atoms with Gasteiger partial charge in [-0.15, -0.1) is 0 Å². The lowest BCUT2D eigenvalue weighted by Gasteiger charge is -2.19. The molecule has 3 nitrogen and oxygen atoms in total. The second-order valence-electron chi connectivity index (χ2n) is 3.99. The number of hydrogen-bond acceptors (Lipinski definition) is 3. The van der Waals surface area contributed by atoms with E-state index in [1.807, 2.05) is 0 Å². The molecule has 0 radical (unpaired) electrons. The zero-order valence-corrected chi connectivity index (χ0v) is 11.0. The SMILES string of the molecule is CCC(C)CC(NN)c1ncc(Cl)cc1Cl. The van der Waals surface area contributed by atoms with Crippen LogP contribution in [0.4, 0.5) is 0 Å². The molecule has 0 aliphatic carbocycles. The van der Waals surface area contributed by atoms with Crippen molar-refractivity contribution < 1.29 is 0 Å². The summed E-state index contributed by atoms with van der Waals surface area (Å²) in [4.78, 5) is 4.23. The molecule has 0 amide bonds. The standard InChI is InChI=1S/C11H17Cl2N3/c1-3-7(2)4-10(16-14)11-9(13)5-8(12)6-15-11/h5-7,10,16H,3-4,14H2,1-2H3. The molecule has 90 valence electrons. The van der Waals surface area contributed by atoms with Gasteiger partial charge in [0.15, 0.2) is 0 Å². The number of pyridine rings is 1. The molecule has 0 aliphatic heterocycles. The van der Waals surface area contributed by atoms with Crippen LogP contribution < -0.4 is 11.3 Å². The first-order chi connectivity index (χ1) is 7.58. The lowest BCUT2D eigenvalue weighted by atomic mass is 9.97. The first kappa shape index (κ1) is 13.7. The number of hydrogen-bond donors (Lipinski definition) is 2. The molecular formula is C11H17Cl2N3. The summed E-state index contributed by atoms with van der Waals surface area (Å²) in [5, 5.41) is 1.09. The Bertz CT molecular complexity index is 344. The Morgan fingerprint density at radius 3 is 2.69 bits per heavy atom. The van der Waals surface area contributed by atoms with Gasteiger partial charge in [0.1, 0.15) is 0 Å². The minimum absolute atomic E-state index is 0.0280. The molecule has 2 unspecified atom stereocenters. The molecule has 5 heteroatoms. The monoisotopic (exact) mass is 261 g/mol. The maximum atomic E-state index is 6.09. The molecule has 1 aromatic rings. The average molecular weight is 262 g/mol. The normalized spacial score (nSPS) is 14.8. The molecule has 1 aromatic heterocycles. The van der Waals surface area contributed by atoms with E-state index < -0.39 is 0 Å². The van der Waals surface area contributed by atoms with Crippen LogP contribution in [0, 0.1) is 5.92 Å². The summed E-state index contributed by atoms with van der Waals surface area (Å²) in [6.07, 6.45) is 3.59. The Labute approximate surface area is 106 Å². The molecule has 3 N–H and O–H groups in total. The zero-order valence-electron chi connectivity index (χ0n) is 9.50. The number of rotatable bonds is 5. The Hall–Kier alpha value is -0.350. The lowest BCUT2D eigenvalue weighted by molar-refractivity contribution is 0.402. The van der Waals surface area contributed by atoms with Crippen LogP contribution in [0.25, 0.3) is 0 Å². The molecule has 0 fully saturated rings. The minimum Gasteiger partial charge on any atom is -0.271 e. The highest BCUT2D eigenvalue weighted by molar-refractivity contribution is 6.34. The van der Waals surface area contributed by atoms with Crippen LogP contribution in [-0.4, -0.2) is 4.98 Å². The van der Waals surface area contributed by atoms with Gasteiger partial charge in [-0.25, -0.2) is 0 Å². The van der Waals surface area contributed by atoms with E-state index >= 15 is 0 Å². The highest BCUT2D eigenvalue weighted by Gasteiger charge is 2.17. The van der Waals surface area contributed by atoms with Crippen molar-refractivity contribution in [1.29, 1.82) is 0 Å². The van der Waals surface area contributed by atoms with Crippen LogP contribution in [0.2, 0.25) is 10.0 Å². The van der Waals surface area contributed by atoms with E-state index in [2.05, 4.69) is 24.3 Å². The van der Waals surface area contributed by atoms with Crippen molar-refractivity contribution >= 4 is 23.2 Å². The van der Waals surface area contributed by atoms with Crippen LogP contribution >= 0.6 is 23.2 Å². The molecule has 1 heterocycles. The smallest absolute Gasteiger partial charge is 0.0773 e. The zero-order chi connectivity index (χ0) is 12.1. The summed E-state index contributed by atoms with van der Waals surface area (Å²) in [5.74, 6) is 6.10. The molecule has 0 saturated heterocycles. The average Bonchev–Trinajstić information content (AvgIpc) is 2.26. The van der Waals surface area contributed by atoms with E-state index in [1.165, 1.54) is 0 Å². The van der Waals surface area contributed by atoms with Gasteiger partial charge in [0.05, 0.1) is 21.8 Å². The molecule has 0 bridgehead atoms. The molecule has 16 heavy (non-hydrogen) atoms. The fourth-order valence-electron chi connectivity index (χ4n) is 1.51. The largest absolute Gasteiger partial charge is 0.271 e. The van der Waals surface area contributed by atoms with Crippen LogP contribution in [0.5, 0.6) is 0 Å². The van der Waals surface area contributed by atoms with Gasteiger partial charge in [-0.3, -0.25) is 16.3 Å². The third-order valence-electron chi connectivity index (χ3n) is 2.70. The Morgan fingerprint density at radius 2 is 2.19 bits per heavy atom. The van der Waals surface area contributed by atoms with Crippen molar-refractivity contribution in [2.24, 2.45) is 11.8 Å². The van der Waals surface area contributed by atoms with E-state index in [0.29, 0.717) is 16.0 Å². The molecule has 0 saturated carbocycles. The van der Waals surface area contributed by atoms with Crippen molar-refractivity contribution in [2.75, 3.05) is 0 Å². The van der Waals surface area contributed by atoms with Crippen molar-refractivity contribution in [2.45, 2.75) is 32.7 Å². The van der Waals surface area contributed by atoms with Gasteiger partial charge in [-0.1, -0.05) is 43.5 Å². The van der Waals surface area contributed by atoms with Crippen LogP contribution in [-0.2, 0) is 0 Å². The van der Waals surface area contributed by atoms with Gasteiger partial charge >= 0.3 is 0 Å². The lowest BCUT2D eigenvalue weighted by Crippen LogP contribution is -2.30. The van der Waals surface area contributed by atoms with Gasteiger partial charge in [-0.2, -0.15) is 0 Å². The van der Waals surface area contributed by atoms with Gasteiger partial charge in [0, 0.05) is 6.20 Å². The number of nitrogens with two attached hydrogens (primary N) is 1. The minimum atomic E-state index is -0.0280. The van der Waals surface area contributed by atoms with Gasteiger partial charge < -0.3 is 0 Å². The highest BCUT2D eigenvalue weighted by atomic mass is 35.5. The predicted molar refractivity (Wildman–Crippen MR) is 68.4 cm³/mol. The van der Waals surface area contributed by atoms with E-state index in [4.69, 9.17) is 29.0 Å². The van der Waals surface area contributed by atoms with E-state index in [1.54, 1.807) is 12.3 Å². The molecule has 0 aliphatic rings. The highest BCUT2D eigenvalue weighted by Crippen LogP contribution is 2.28. The Kier molecular flexibility index (Phi) is 5.49. The van der Waals surface area contributed by atoms with Crippen LogP contribution in [0.1, 0.15) is 38.4 Å². The molecule has 0 spiro atoms. The van der Waals surface area contributed by atoms with Gasteiger partial charge in [0.2, 0.25) is 0 Å². The van der Waals surface area contributed by atoms with Crippen LogP contribution in [0.3, 0.4) is 0 Å². The predicted octanol–water partition coefficient (Wildman–Crippen LogP) is 3.33. The number of aromatic nitrogens is 1. The number of nitrogens with one attached hydrogen (secondary N) is 1. The van der Waals surface area contributed by atoms with Crippen molar-refractivity contribution in [3.8, 4) is 0 Å². The summed E-state index contributed by atoms with van der Waals surface area (Å²) >= 11 is 11.9. The fraction of sp³-hybridized carbons (Fsp3) is 0.545. The van der Waals surface area contributed by atoms with E-state index in [0.717, 1.165) is 18.5 Å². The maximum absolute atomic E-state index is 6.09. The van der Waals surface area contributed by atoms with Crippen molar-refractivity contribution in [3.05, 3.63) is 28.0 Å². The van der Waals surface area contributed by atoms with Gasteiger partial charge in [0.25, 0.3) is 0 Å². The second kappa shape index (κ2) is 6.40. The summed E-state index contributed by atoms with van der Waals surface area (Å²) in [7, 11) is 0. The first-order valence-corrected chi connectivity index (χ1v) is 6.11. The van der Waals surface area contributed by atoms with Gasteiger partial charge in [-0.05, 0) is 18.4 Å². The van der Waals surface area contributed by atoms with Crippen LogP contribution in [0.15, 0.2) is 12.3 Å². The fourth-order valence-corrected chi connectivity index (χ4v) is 2.02. The quantitative estimate of drug-likeness (QED) is 0.632. The summed E-state index contributed by atoms with van der Waals surface area (Å²) in [6.45, 7) is 4.32. The summed E-state index contributed by atoms with van der Waals surface area (Å²) in [6, 6.07) is 1.66. The molecule has 2 atom stereocenters. The molecular weight excluding hydrogens is 245 g/mol. The van der Waals surface area contributed by atoms with E-state index in [-0.39, 0.29) is 6.04 Å². The number of nitrogens with zero attached hydrogens (tertiary/aromatic N) is 1. The van der Waals surface area contributed by atoms with E-state index in [9.17, 15) is 0 Å². The Morgan fingerprint density at radius 1 is 1.50 bits per heavy atom. The number of halogens is 2. The van der Waals surface area contributed by atoms with Crippen molar-refractivity contribution in [3.63, 3.8) is 0 Å².